The molecule has 0 aliphatic carbocycles. The average Bonchev–Trinajstić information content (AvgIpc) is 3.29. The van der Waals surface area contributed by atoms with E-state index in [1.165, 1.54) is 5.56 Å². The molecule has 0 amide bonds. The largest absolute Gasteiger partial charge is 0.356 e. The molecule has 0 saturated carbocycles. The van der Waals surface area contributed by atoms with Crippen LogP contribution in [0.2, 0.25) is 0 Å². The number of benzene rings is 2. The van der Waals surface area contributed by atoms with Gasteiger partial charge in [0, 0.05) is 30.9 Å². The maximum Gasteiger partial charge on any atom is 0.191 e. The Labute approximate surface area is 156 Å². The van der Waals surface area contributed by atoms with Crippen molar-refractivity contribution in [1.82, 2.24) is 19.9 Å². The Balaban J connectivity index is 1.42. The van der Waals surface area contributed by atoms with Gasteiger partial charge in [0.2, 0.25) is 0 Å². The molecule has 0 aliphatic rings. The first kappa shape index (κ1) is 16.6. The fraction of sp³-hybridized carbons (Fsp3) is 0.150. The fourth-order valence-electron chi connectivity index (χ4n) is 2.66. The van der Waals surface area contributed by atoms with Gasteiger partial charge in [-0.3, -0.25) is 0 Å². The van der Waals surface area contributed by atoms with Gasteiger partial charge in [0.15, 0.2) is 10.9 Å². The maximum absolute atomic E-state index is 5.45. The highest BCUT2D eigenvalue weighted by molar-refractivity contribution is 7.98. The number of nitrogens with zero attached hydrogens (tertiary/aromatic N) is 4. The molecule has 4 aromatic rings. The smallest absolute Gasteiger partial charge is 0.191 e. The first-order valence-electron chi connectivity index (χ1n) is 8.35. The first-order valence-corrected chi connectivity index (χ1v) is 9.34. The molecule has 0 unspecified atom stereocenters. The zero-order chi connectivity index (χ0) is 17.8. The van der Waals surface area contributed by atoms with E-state index in [0.717, 1.165) is 34.4 Å². The lowest BCUT2D eigenvalue weighted by atomic mass is 10.1. The molecule has 6 heteroatoms. The van der Waals surface area contributed by atoms with E-state index in [9.17, 15) is 0 Å². The van der Waals surface area contributed by atoms with Gasteiger partial charge in [0.1, 0.15) is 5.82 Å². The number of rotatable bonds is 6. The minimum Gasteiger partial charge on any atom is -0.356 e. The van der Waals surface area contributed by atoms with Crippen molar-refractivity contribution >= 4 is 11.8 Å². The number of thioether (sulfide) groups is 1. The second kappa shape index (κ2) is 7.58. The van der Waals surface area contributed by atoms with Crippen LogP contribution >= 0.6 is 11.8 Å². The van der Waals surface area contributed by atoms with Crippen LogP contribution in [0.4, 0.5) is 0 Å². The van der Waals surface area contributed by atoms with Crippen LogP contribution in [0.1, 0.15) is 17.1 Å². The van der Waals surface area contributed by atoms with E-state index in [4.69, 9.17) is 4.52 Å². The van der Waals surface area contributed by atoms with Crippen LogP contribution in [0.25, 0.3) is 11.3 Å². The summed E-state index contributed by atoms with van der Waals surface area (Å²) in [5, 5.41) is 13.7. The summed E-state index contributed by atoms with van der Waals surface area (Å²) < 4.78 is 7.48. The van der Waals surface area contributed by atoms with Gasteiger partial charge in [0.25, 0.3) is 0 Å². The van der Waals surface area contributed by atoms with Gasteiger partial charge < -0.3 is 9.09 Å². The van der Waals surface area contributed by atoms with Crippen molar-refractivity contribution in [2.24, 2.45) is 7.05 Å². The van der Waals surface area contributed by atoms with Crippen LogP contribution in [-0.4, -0.2) is 19.9 Å². The number of aromatic nitrogens is 4. The van der Waals surface area contributed by atoms with Crippen molar-refractivity contribution in [3.8, 4) is 11.3 Å². The lowest BCUT2D eigenvalue weighted by Gasteiger charge is -2.03. The van der Waals surface area contributed by atoms with Crippen molar-refractivity contribution in [2.75, 3.05) is 0 Å². The summed E-state index contributed by atoms with van der Waals surface area (Å²) in [7, 11) is 2.00. The van der Waals surface area contributed by atoms with Gasteiger partial charge in [-0.15, -0.1) is 10.2 Å². The molecule has 0 N–H and O–H groups in total. The Morgan fingerprint density at radius 3 is 2.46 bits per heavy atom. The molecule has 4 rings (SSSR count). The molecule has 0 fully saturated rings. The molecule has 0 radical (unpaired) electrons. The predicted molar refractivity (Wildman–Crippen MR) is 102 cm³/mol. The lowest BCUT2D eigenvalue weighted by Crippen LogP contribution is -2.00. The highest BCUT2D eigenvalue weighted by atomic mass is 32.2. The summed E-state index contributed by atoms with van der Waals surface area (Å²) in [5.41, 5.74) is 3.14. The minimum atomic E-state index is 0.688. The van der Waals surface area contributed by atoms with Gasteiger partial charge in [0.05, 0.1) is 5.69 Å². The zero-order valence-corrected chi connectivity index (χ0v) is 15.2. The van der Waals surface area contributed by atoms with Crippen LogP contribution in [0.5, 0.6) is 0 Å². The second-order valence-corrected chi connectivity index (χ2v) is 6.90. The third-order valence-electron chi connectivity index (χ3n) is 4.10. The highest BCUT2D eigenvalue weighted by Gasteiger charge is 2.12. The normalized spacial score (nSPS) is 11.0. The molecule has 26 heavy (non-hydrogen) atoms. The van der Waals surface area contributed by atoms with E-state index in [0.29, 0.717) is 5.75 Å². The fourth-order valence-corrected chi connectivity index (χ4v) is 3.47. The molecule has 2 heterocycles. The molecule has 130 valence electrons. The van der Waals surface area contributed by atoms with Crippen molar-refractivity contribution in [2.45, 2.75) is 17.3 Å². The zero-order valence-electron chi connectivity index (χ0n) is 14.4. The quantitative estimate of drug-likeness (QED) is 0.477. The summed E-state index contributed by atoms with van der Waals surface area (Å²) in [6, 6.07) is 22.2. The van der Waals surface area contributed by atoms with Crippen molar-refractivity contribution < 1.29 is 4.52 Å². The lowest BCUT2D eigenvalue weighted by molar-refractivity contribution is 0.426. The first-order chi connectivity index (χ1) is 12.8. The Morgan fingerprint density at radius 1 is 0.962 bits per heavy atom. The standard InChI is InChI=1S/C20H18N4OS/c1-24-19(12-15-8-4-2-5-9-15)21-22-20(24)26-14-17-13-18(25-23-17)16-10-6-3-7-11-16/h2-11,13H,12,14H2,1H3. The van der Waals surface area contributed by atoms with Gasteiger partial charge in [-0.05, 0) is 5.56 Å². The molecular weight excluding hydrogens is 344 g/mol. The predicted octanol–water partition coefficient (Wildman–Crippen LogP) is 4.35. The van der Waals surface area contributed by atoms with E-state index in [2.05, 4.69) is 27.5 Å². The summed E-state index contributed by atoms with van der Waals surface area (Å²) in [6.07, 6.45) is 0.771. The molecule has 2 aromatic heterocycles. The maximum atomic E-state index is 5.45. The van der Waals surface area contributed by atoms with E-state index >= 15 is 0 Å². The SMILES string of the molecule is Cn1c(Cc2ccccc2)nnc1SCc1cc(-c2ccccc2)on1. The van der Waals surface area contributed by atoms with Gasteiger partial charge >= 0.3 is 0 Å². The molecule has 5 nitrogen and oxygen atoms in total. The topological polar surface area (TPSA) is 56.7 Å². The summed E-state index contributed by atoms with van der Waals surface area (Å²) in [5.74, 6) is 2.42. The summed E-state index contributed by atoms with van der Waals surface area (Å²) in [6.45, 7) is 0. The monoisotopic (exact) mass is 362 g/mol. The summed E-state index contributed by atoms with van der Waals surface area (Å²) in [4.78, 5) is 0. The molecule has 0 bridgehead atoms. The van der Waals surface area contributed by atoms with Crippen LogP contribution in [-0.2, 0) is 19.2 Å². The van der Waals surface area contributed by atoms with Crippen molar-refractivity contribution in [3.63, 3.8) is 0 Å². The summed E-state index contributed by atoms with van der Waals surface area (Å²) >= 11 is 1.61. The third kappa shape index (κ3) is 3.70. The van der Waals surface area contributed by atoms with E-state index in [1.807, 2.05) is 66.2 Å². The number of hydrogen-bond acceptors (Lipinski definition) is 5. The van der Waals surface area contributed by atoms with Crippen LogP contribution < -0.4 is 0 Å². The van der Waals surface area contributed by atoms with Crippen LogP contribution in [0.15, 0.2) is 76.4 Å². The van der Waals surface area contributed by atoms with Crippen molar-refractivity contribution in [1.29, 1.82) is 0 Å². The van der Waals surface area contributed by atoms with Gasteiger partial charge in [-0.2, -0.15) is 0 Å². The molecule has 0 spiro atoms. The van der Waals surface area contributed by atoms with E-state index in [1.54, 1.807) is 11.8 Å². The van der Waals surface area contributed by atoms with E-state index in [-0.39, 0.29) is 0 Å². The molecular formula is C20H18N4OS. The highest BCUT2D eigenvalue weighted by Crippen LogP contribution is 2.25. The van der Waals surface area contributed by atoms with Gasteiger partial charge in [-0.1, -0.05) is 77.6 Å². The Hall–Kier alpha value is -2.86. The third-order valence-corrected chi connectivity index (χ3v) is 5.15. The number of hydrogen-bond donors (Lipinski definition) is 0. The second-order valence-electron chi connectivity index (χ2n) is 5.96. The van der Waals surface area contributed by atoms with Crippen LogP contribution in [0, 0.1) is 0 Å². The Kier molecular flexibility index (Phi) is 4.84. The molecule has 2 aromatic carbocycles. The average molecular weight is 362 g/mol. The minimum absolute atomic E-state index is 0.688. The van der Waals surface area contributed by atoms with Crippen LogP contribution in [0.3, 0.4) is 0 Å². The van der Waals surface area contributed by atoms with Crippen molar-refractivity contribution in [3.05, 3.63) is 83.8 Å². The molecule has 0 aliphatic heterocycles. The Morgan fingerprint density at radius 2 is 1.69 bits per heavy atom. The Bertz CT molecular complexity index is 979. The molecule has 0 saturated heterocycles. The van der Waals surface area contributed by atoms with Gasteiger partial charge in [-0.25, -0.2) is 0 Å². The van der Waals surface area contributed by atoms with E-state index < -0.39 is 0 Å². The molecule has 0 atom stereocenters.